The predicted molar refractivity (Wildman–Crippen MR) is 158 cm³/mol. The van der Waals surface area contributed by atoms with E-state index >= 15 is 0 Å². The first-order chi connectivity index (χ1) is 18.4. The van der Waals surface area contributed by atoms with Crippen LogP contribution in [0.3, 0.4) is 0 Å². The van der Waals surface area contributed by atoms with Crippen LogP contribution in [0.5, 0.6) is 0 Å². The van der Waals surface area contributed by atoms with Crippen molar-refractivity contribution in [3.05, 3.63) is 106 Å². The summed E-state index contributed by atoms with van der Waals surface area (Å²) in [6, 6.07) is 23.9. The topological polar surface area (TPSA) is 38.4 Å². The number of aromatic nitrogens is 2. The highest BCUT2D eigenvalue weighted by Crippen LogP contribution is 2.40. The molecule has 0 fully saturated rings. The Kier molecular flexibility index (Phi) is 6.55. The quantitative estimate of drug-likeness (QED) is 0.236. The van der Waals surface area contributed by atoms with Crippen LogP contribution in [0.4, 0.5) is 5.69 Å². The number of nitrogens with zero attached hydrogens (tertiary/aromatic N) is 2. The average Bonchev–Trinajstić information content (AvgIpc) is 3.32. The SMILES string of the molecule is CC(C)c1ccc(-c2c3c4n(c(-c5ccc(Cl)cc5)cn4c2C(=O)Nc2cccc(Cl)c2)CCCC3)cc1. The summed E-state index contributed by atoms with van der Waals surface area (Å²) in [5.74, 6) is 0.285. The molecule has 0 bridgehead atoms. The number of aryl methyl sites for hydroxylation is 2. The van der Waals surface area contributed by atoms with Gasteiger partial charge in [0.15, 0.2) is 0 Å². The van der Waals surface area contributed by atoms with Crippen molar-refractivity contribution in [1.82, 2.24) is 8.97 Å². The number of hydrogen-bond donors (Lipinski definition) is 1. The fraction of sp³-hybridized carbons (Fsp3) is 0.219. The Morgan fingerprint density at radius 2 is 1.63 bits per heavy atom. The van der Waals surface area contributed by atoms with Crippen molar-refractivity contribution in [1.29, 1.82) is 0 Å². The van der Waals surface area contributed by atoms with Gasteiger partial charge in [0.05, 0.1) is 5.69 Å². The number of anilines is 1. The highest BCUT2D eigenvalue weighted by molar-refractivity contribution is 6.31. The van der Waals surface area contributed by atoms with Gasteiger partial charge in [0.1, 0.15) is 11.3 Å². The van der Waals surface area contributed by atoms with E-state index in [1.807, 2.05) is 36.4 Å². The molecular formula is C32H29Cl2N3O. The molecule has 0 atom stereocenters. The third-order valence-corrected chi connectivity index (χ3v) is 7.92. The van der Waals surface area contributed by atoms with E-state index in [0.717, 1.165) is 53.8 Å². The van der Waals surface area contributed by atoms with Crippen molar-refractivity contribution in [3.8, 4) is 22.4 Å². The van der Waals surface area contributed by atoms with E-state index < -0.39 is 0 Å². The molecule has 3 heterocycles. The summed E-state index contributed by atoms with van der Waals surface area (Å²) in [6.07, 6.45) is 5.16. The Hall–Kier alpha value is -3.47. The summed E-state index contributed by atoms with van der Waals surface area (Å²) in [7, 11) is 0. The Morgan fingerprint density at radius 1 is 0.895 bits per heavy atom. The van der Waals surface area contributed by atoms with Crippen LogP contribution < -0.4 is 5.32 Å². The van der Waals surface area contributed by atoms with Crippen LogP contribution in [-0.2, 0) is 13.0 Å². The van der Waals surface area contributed by atoms with Gasteiger partial charge >= 0.3 is 0 Å². The normalized spacial score (nSPS) is 13.2. The lowest BCUT2D eigenvalue weighted by Gasteiger charge is -2.12. The lowest BCUT2D eigenvalue weighted by molar-refractivity contribution is 0.102. The fourth-order valence-corrected chi connectivity index (χ4v) is 5.88. The number of nitrogens with one attached hydrogen (secondary N) is 1. The maximum Gasteiger partial charge on any atom is 0.273 e. The zero-order chi connectivity index (χ0) is 26.4. The average molecular weight is 543 g/mol. The molecule has 0 spiro atoms. The maximum atomic E-state index is 14.0. The van der Waals surface area contributed by atoms with E-state index in [9.17, 15) is 4.79 Å². The maximum absolute atomic E-state index is 14.0. The second-order valence-electron chi connectivity index (χ2n) is 10.3. The van der Waals surface area contributed by atoms with Gasteiger partial charge in [0, 0.05) is 39.6 Å². The van der Waals surface area contributed by atoms with E-state index in [4.69, 9.17) is 23.2 Å². The molecule has 0 saturated carbocycles. The Bertz CT molecular complexity index is 1640. The lowest BCUT2D eigenvalue weighted by Crippen LogP contribution is -2.15. The van der Waals surface area contributed by atoms with Gasteiger partial charge in [-0.05, 0) is 72.2 Å². The van der Waals surface area contributed by atoms with Crippen LogP contribution >= 0.6 is 23.2 Å². The molecule has 0 saturated heterocycles. The van der Waals surface area contributed by atoms with E-state index in [0.29, 0.717) is 27.3 Å². The summed E-state index contributed by atoms with van der Waals surface area (Å²) in [4.78, 5) is 14.0. The zero-order valence-electron chi connectivity index (χ0n) is 21.5. The molecule has 0 aliphatic carbocycles. The fourth-order valence-electron chi connectivity index (χ4n) is 5.56. The number of amides is 1. The van der Waals surface area contributed by atoms with Crippen LogP contribution in [0.1, 0.15) is 54.2 Å². The van der Waals surface area contributed by atoms with Crippen molar-refractivity contribution in [2.45, 2.75) is 45.6 Å². The number of carbonyl (C=O) groups is 1. The van der Waals surface area contributed by atoms with Gasteiger partial charge in [0.25, 0.3) is 5.91 Å². The largest absolute Gasteiger partial charge is 0.325 e. The van der Waals surface area contributed by atoms with Crippen LogP contribution in [0.2, 0.25) is 10.0 Å². The smallest absolute Gasteiger partial charge is 0.273 e. The predicted octanol–water partition coefficient (Wildman–Crippen LogP) is 9.09. The first-order valence-electron chi connectivity index (χ1n) is 13.1. The van der Waals surface area contributed by atoms with Gasteiger partial charge in [-0.25, -0.2) is 0 Å². The third-order valence-electron chi connectivity index (χ3n) is 7.44. The van der Waals surface area contributed by atoms with Crippen LogP contribution in [0.15, 0.2) is 79.0 Å². The molecule has 1 aliphatic heterocycles. The number of imidazole rings is 1. The highest BCUT2D eigenvalue weighted by Gasteiger charge is 2.29. The van der Waals surface area contributed by atoms with Gasteiger partial charge in [0.2, 0.25) is 0 Å². The van der Waals surface area contributed by atoms with Crippen LogP contribution in [0.25, 0.3) is 28.0 Å². The molecule has 5 aromatic rings. The first-order valence-corrected chi connectivity index (χ1v) is 13.9. The molecule has 1 aliphatic rings. The lowest BCUT2D eigenvalue weighted by atomic mass is 9.95. The molecule has 6 rings (SSSR count). The molecule has 0 radical (unpaired) electrons. The molecule has 6 heteroatoms. The Balaban J connectivity index is 1.59. The van der Waals surface area contributed by atoms with Gasteiger partial charge in [-0.1, -0.05) is 79.5 Å². The molecule has 38 heavy (non-hydrogen) atoms. The summed E-state index contributed by atoms with van der Waals surface area (Å²) < 4.78 is 4.46. The second-order valence-corrected chi connectivity index (χ2v) is 11.1. The Labute approximate surface area is 232 Å². The molecule has 4 nitrogen and oxygen atoms in total. The van der Waals surface area contributed by atoms with Crippen LogP contribution in [0, 0.1) is 0 Å². The second kappa shape index (κ2) is 10.0. The van der Waals surface area contributed by atoms with Gasteiger partial charge in [-0.3, -0.25) is 9.20 Å². The summed E-state index contributed by atoms with van der Waals surface area (Å²) in [6.45, 7) is 5.29. The van der Waals surface area contributed by atoms with Gasteiger partial charge < -0.3 is 9.88 Å². The van der Waals surface area contributed by atoms with Crippen molar-refractivity contribution in [2.24, 2.45) is 0 Å². The summed E-state index contributed by atoms with van der Waals surface area (Å²) in [5, 5.41) is 4.40. The van der Waals surface area contributed by atoms with Crippen LogP contribution in [-0.4, -0.2) is 14.9 Å². The number of rotatable bonds is 5. The van der Waals surface area contributed by atoms with Crippen molar-refractivity contribution >= 4 is 40.4 Å². The molecule has 2 aromatic heterocycles. The van der Waals surface area contributed by atoms with Crippen molar-refractivity contribution < 1.29 is 4.79 Å². The zero-order valence-corrected chi connectivity index (χ0v) is 23.0. The van der Waals surface area contributed by atoms with Crippen molar-refractivity contribution in [3.63, 3.8) is 0 Å². The third kappa shape index (κ3) is 4.42. The molecule has 1 N–H and O–H groups in total. The first kappa shape index (κ1) is 24.8. The molecule has 1 amide bonds. The molecule has 192 valence electrons. The molecule has 0 unspecified atom stereocenters. The van der Waals surface area contributed by atoms with E-state index in [1.165, 1.54) is 11.1 Å². The number of halogens is 2. The minimum Gasteiger partial charge on any atom is -0.325 e. The Morgan fingerprint density at radius 3 is 2.34 bits per heavy atom. The highest BCUT2D eigenvalue weighted by atomic mass is 35.5. The van der Waals surface area contributed by atoms with E-state index in [2.05, 4.69) is 58.6 Å². The molecular weight excluding hydrogens is 513 g/mol. The van der Waals surface area contributed by atoms with Crippen molar-refractivity contribution in [2.75, 3.05) is 5.32 Å². The summed E-state index contributed by atoms with van der Waals surface area (Å²) >= 11 is 12.4. The van der Waals surface area contributed by atoms with E-state index in [-0.39, 0.29) is 5.91 Å². The standard InChI is InChI=1S/C32H29Cl2N3O/c1-20(2)21-9-11-23(12-10-21)29-27-8-3-4-17-36-28(22-13-15-24(33)16-14-22)19-37(32(27)36)30(29)31(38)35-26-7-5-6-25(34)18-26/h5-7,9-16,18-20H,3-4,8,17H2,1-2H3,(H,35,38). The van der Waals surface area contributed by atoms with E-state index in [1.54, 1.807) is 12.1 Å². The number of benzene rings is 3. The van der Waals surface area contributed by atoms with Gasteiger partial charge in [-0.15, -0.1) is 0 Å². The minimum atomic E-state index is -0.156. The number of hydrogen-bond acceptors (Lipinski definition) is 1. The molecule has 3 aromatic carbocycles. The van der Waals surface area contributed by atoms with Gasteiger partial charge in [-0.2, -0.15) is 0 Å². The minimum absolute atomic E-state index is 0.156. The summed E-state index contributed by atoms with van der Waals surface area (Å²) in [5.41, 5.74) is 9.13. The number of carbonyl (C=O) groups excluding carboxylic acids is 1. The monoisotopic (exact) mass is 541 g/mol.